The van der Waals surface area contributed by atoms with Crippen LogP contribution in [0.5, 0.6) is 0 Å². The van der Waals surface area contributed by atoms with Crippen LogP contribution >= 0.6 is 0 Å². The van der Waals surface area contributed by atoms with Crippen molar-refractivity contribution in [3.8, 4) is 0 Å². The molecule has 1 aromatic rings. The van der Waals surface area contributed by atoms with Crippen molar-refractivity contribution in [3.63, 3.8) is 0 Å². The van der Waals surface area contributed by atoms with Gasteiger partial charge in [-0.2, -0.15) is 0 Å². The SMILES string of the molecule is CC(C)(C)C(=O)N1CCCC(C(=O)N2CCN(c3ccccc3[N+](=O)[O-])CC2)C1. The normalized spacial score (nSPS) is 20.5. The number of hydrogen-bond acceptors (Lipinski definition) is 5. The number of nitrogens with zero attached hydrogens (tertiary/aromatic N) is 4. The van der Waals surface area contributed by atoms with Crippen LogP contribution in [0.4, 0.5) is 11.4 Å². The Morgan fingerprint density at radius 2 is 1.69 bits per heavy atom. The average molecular weight is 402 g/mol. The number of benzene rings is 1. The molecule has 8 heteroatoms. The van der Waals surface area contributed by atoms with Gasteiger partial charge in [0, 0.05) is 50.7 Å². The molecule has 0 bridgehead atoms. The molecule has 2 aliphatic heterocycles. The van der Waals surface area contributed by atoms with Gasteiger partial charge in [0.05, 0.1) is 10.8 Å². The van der Waals surface area contributed by atoms with Gasteiger partial charge in [-0.1, -0.05) is 32.9 Å². The Balaban J connectivity index is 1.60. The molecular formula is C21H30N4O4. The van der Waals surface area contributed by atoms with Gasteiger partial charge >= 0.3 is 0 Å². The Morgan fingerprint density at radius 1 is 1.03 bits per heavy atom. The third-order valence-corrected chi connectivity index (χ3v) is 5.71. The van der Waals surface area contributed by atoms with Crippen LogP contribution in [-0.4, -0.2) is 65.8 Å². The topological polar surface area (TPSA) is 87.0 Å². The van der Waals surface area contributed by atoms with Crippen molar-refractivity contribution in [2.75, 3.05) is 44.2 Å². The first-order valence-electron chi connectivity index (χ1n) is 10.2. The van der Waals surface area contributed by atoms with Crippen LogP contribution in [0.2, 0.25) is 0 Å². The zero-order valence-electron chi connectivity index (χ0n) is 17.5. The molecular weight excluding hydrogens is 372 g/mol. The summed E-state index contributed by atoms with van der Waals surface area (Å²) in [7, 11) is 0. The molecule has 1 unspecified atom stereocenters. The Morgan fingerprint density at radius 3 is 2.31 bits per heavy atom. The van der Waals surface area contributed by atoms with E-state index in [1.54, 1.807) is 18.2 Å². The number of amides is 2. The van der Waals surface area contributed by atoms with Crippen LogP contribution in [0.25, 0.3) is 0 Å². The highest BCUT2D eigenvalue weighted by Gasteiger charge is 2.36. The summed E-state index contributed by atoms with van der Waals surface area (Å²) in [4.78, 5) is 42.2. The first-order chi connectivity index (χ1) is 13.7. The lowest BCUT2D eigenvalue weighted by Gasteiger charge is -2.40. The van der Waals surface area contributed by atoms with Crippen LogP contribution in [0, 0.1) is 21.4 Å². The van der Waals surface area contributed by atoms with Gasteiger partial charge in [-0.05, 0) is 18.9 Å². The number of piperazine rings is 1. The molecule has 2 saturated heterocycles. The average Bonchev–Trinajstić information content (AvgIpc) is 2.72. The zero-order valence-corrected chi connectivity index (χ0v) is 17.5. The van der Waals surface area contributed by atoms with Crippen LogP contribution in [0.3, 0.4) is 0 Å². The summed E-state index contributed by atoms with van der Waals surface area (Å²) >= 11 is 0. The number of piperidine rings is 1. The van der Waals surface area contributed by atoms with E-state index in [-0.39, 0.29) is 28.3 Å². The predicted molar refractivity (Wildman–Crippen MR) is 111 cm³/mol. The largest absolute Gasteiger partial charge is 0.362 e. The minimum atomic E-state index is -0.443. The molecule has 0 radical (unpaired) electrons. The van der Waals surface area contributed by atoms with E-state index in [2.05, 4.69) is 0 Å². The standard InChI is InChI=1S/C21H30N4O4/c1-21(2,3)20(27)24-10-6-7-16(15-24)19(26)23-13-11-22(12-14-23)17-8-4-5-9-18(17)25(28)29/h4-5,8-9,16H,6-7,10-15H2,1-3H3. The third kappa shape index (κ3) is 4.68. The van der Waals surface area contributed by atoms with E-state index in [1.165, 1.54) is 6.07 Å². The third-order valence-electron chi connectivity index (χ3n) is 5.71. The maximum Gasteiger partial charge on any atom is 0.292 e. The van der Waals surface area contributed by atoms with Crippen molar-refractivity contribution in [1.82, 2.24) is 9.80 Å². The second-order valence-electron chi connectivity index (χ2n) is 8.90. The quantitative estimate of drug-likeness (QED) is 0.573. The lowest BCUT2D eigenvalue weighted by Crippen LogP contribution is -2.54. The fourth-order valence-electron chi connectivity index (χ4n) is 4.15. The lowest BCUT2D eigenvalue weighted by atomic mass is 9.90. The number of nitro groups is 1. The van der Waals surface area contributed by atoms with E-state index in [4.69, 9.17) is 0 Å². The Labute approximate surface area is 171 Å². The van der Waals surface area contributed by atoms with E-state index in [1.807, 2.05) is 35.5 Å². The summed E-state index contributed by atoms with van der Waals surface area (Å²) in [5.41, 5.74) is 0.251. The van der Waals surface area contributed by atoms with Crippen LogP contribution < -0.4 is 4.90 Å². The number of hydrogen-bond donors (Lipinski definition) is 0. The monoisotopic (exact) mass is 402 g/mol. The Bertz CT molecular complexity index is 781. The van der Waals surface area contributed by atoms with Crippen molar-refractivity contribution in [1.29, 1.82) is 0 Å². The fraction of sp³-hybridized carbons (Fsp3) is 0.619. The van der Waals surface area contributed by atoms with Crippen molar-refractivity contribution in [3.05, 3.63) is 34.4 Å². The number of anilines is 1. The highest BCUT2D eigenvalue weighted by Crippen LogP contribution is 2.29. The fourth-order valence-corrected chi connectivity index (χ4v) is 4.15. The van der Waals surface area contributed by atoms with E-state index >= 15 is 0 Å². The van der Waals surface area contributed by atoms with E-state index in [9.17, 15) is 19.7 Å². The number of likely N-dealkylation sites (tertiary alicyclic amines) is 1. The first-order valence-corrected chi connectivity index (χ1v) is 10.2. The maximum absolute atomic E-state index is 13.1. The van der Waals surface area contributed by atoms with E-state index < -0.39 is 5.41 Å². The molecule has 29 heavy (non-hydrogen) atoms. The molecule has 2 heterocycles. The molecule has 0 aliphatic carbocycles. The highest BCUT2D eigenvalue weighted by molar-refractivity contribution is 5.84. The molecule has 1 aromatic carbocycles. The van der Waals surface area contributed by atoms with Crippen LogP contribution in [0.15, 0.2) is 24.3 Å². The molecule has 0 N–H and O–H groups in total. The molecule has 0 aromatic heterocycles. The van der Waals surface area contributed by atoms with Gasteiger partial charge in [0.15, 0.2) is 0 Å². The number of nitro benzene ring substituents is 1. The summed E-state index contributed by atoms with van der Waals surface area (Å²) < 4.78 is 0. The molecule has 2 fully saturated rings. The van der Waals surface area contributed by atoms with Gasteiger partial charge in [0.25, 0.3) is 5.69 Å². The molecule has 0 saturated carbocycles. The first kappa shape index (κ1) is 21.1. The molecule has 0 spiro atoms. The summed E-state index contributed by atoms with van der Waals surface area (Å²) in [5.74, 6) is 0.0301. The number of rotatable bonds is 3. The second kappa shape index (κ2) is 8.39. The summed E-state index contributed by atoms with van der Waals surface area (Å²) in [6.07, 6.45) is 1.64. The zero-order chi connectivity index (χ0) is 21.2. The van der Waals surface area contributed by atoms with Crippen LogP contribution in [-0.2, 0) is 9.59 Å². The Kier molecular flexibility index (Phi) is 6.10. The maximum atomic E-state index is 13.1. The number of para-hydroxylation sites is 2. The van der Waals surface area contributed by atoms with Crippen molar-refractivity contribution in [2.24, 2.45) is 11.3 Å². The molecule has 158 valence electrons. The highest BCUT2D eigenvalue weighted by atomic mass is 16.6. The van der Waals surface area contributed by atoms with Gasteiger partial charge < -0.3 is 14.7 Å². The van der Waals surface area contributed by atoms with Gasteiger partial charge in [0.1, 0.15) is 5.69 Å². The van der Waals surface area contributed by atoms with Gasteiger partial charge in [-0.3, -0.25) is 19.7 Å². The van der Waals surface area contributed by atoms with Crippen molar-refractivity contribution in [2.45, 2.75) is 33.6 Å². The van der Waals surface area contributed by atoms with Crippen molar-refractivity contribution >= 4 is 23.2 Å². The molecule has 2 aliphatic rings. The summed E-state index contributed by atoms with van der Waals surface area (Å²) in [6, 6.07) is 6.72. The predicted octanol–water partition coefficient (Wildman–Crippen LogP) is 2.53. The number of carbonyl (C=O) groups excluding carboxylic acids is 2. The molecule has 3 rings (SSSR count). The molecule has 8 nitrogen and oxygen atoms in total. The minimum absolute atomic E-state index is 0.0934. The molecule has 2 amide bonds. The van der Waals surface area contributed by atoms with Crippen LogP contribution in [0.1, 0.15) is 33.6 Å². The minimum Gasteiger partial charge on any atom is -0.362 e. The van der Waals surface area contributed by atoms with Gasteiger partial charge in [-0.25, -0.2) is 0 Å². The van der Waals surface area contributed by atoms with Crippen molar-refractivity contribution < 1.29 is 14.5 Å². The van der Waals surface area contributed by atoms with E-state index in [0.717, 1.165) is 12.8 Å². The van der Waals surface area contributed by atoms with Gasteiger partial charge in [0.2, 0.25) is 11.8 Å². The van der Waals surface area contributed by atoms with E-state index in [0.29, 0.717) is 45.0 Å². The smallest absolute Gasteiger partial charge is 0.292 e. The summed E-state index contributed by atoms with van der Waals surface area (Å²) in [6.45, 7) is 9.12. The molecule has 1 atom stereocenters. The number of carbonyl (C=O) groups is 2. The Hall–Kier alpha value is -2.64. The summed E-state index contributed by atoms with van der Waals surface area (Å²) in [5, 5.41) is 11.3. The second-order valence-corrected chi connectivity index (χ2v) is 8.90. The lowest BCUT2D eigenvalue weighted by molar-refractivity contribution is -0.384. The van der Waals surface area contributed by atoms with Gasteiger partial charge in [-0.15, -0.1) is 0 Å².